The molecule has 0 aliphatic heterocycles. The van der Waals surface area contributed by atoms with Gasteiger partial charge in [-0.1, -0.05) is 27.7 Å². The van der Waals surface area contributed by atoms with Gasteiger partial charge in [-0.15, -0.1) is 0 Å². The van der Waals surface area contributed by atoms with Gasteiger partial charge in [0.25, 0.3) is 0 Å². The lowest BCUT2D eigenvalue weighted by atomic mass is 9.89. The Kier molecular flexibility index (Phi) is 12.2. The largest absolute Gasteiger partial charge is 0.469 e. The van der Waals surface area contributed by atoms with E-state index in [1.807, 2.05) is 27.7 Å². The first kappa shape index (κ1) is 28.7. The minimum atomic E-state index is -0.793. The molecule has 9 nitrogen and oxygen atoms in total. The first-order chi connectivity index (χ1) is 14.2. The van der Waals surface area contributed by atoms with Crippen LogP contribution in [0.2, 0.25) is 0 Å². The van der Waals surface area contributed by atoms with Gasteiger partial charge in [0.2, 0.25) is 11.8 Å². The molecular weight excluding hydrogens is 402 g/mol. The third kappa shape index (κ3) is 11.6. The molecule has 0 saturated heterocycles. The summed E-state index contributed by atoms with van der Waals surface area (Å²) in [7, 11) is 2.84. The molecule has 0 aliphatic carbocycles. The molecular formula is C22H41N3O6. The third-order valence-electron chi connectivity index (χ3n) is 4.83. The van der Waals surface area contributed by atoms with Crippen LogP contribution in [0.5, 0.6) is 0 Å². The summed E-state index contributed by atoms with van der Waals surface area (Å²) in [6, 6.07) is -1.14. The summed E-state index contributed by atoms with van der Waals surface area (Å²) in [5.41, 5.74) is -0.679. The van der Waals surface area contributed by atoms with Crippen LogP contribution in [-0.2, 0) is 23.9 Å². The highest BCUT2D eigenvalue weighted by Gasteiger charge is 2.31. The Morgan fingerprint density at radius 1 is 0.935 bits per heavy atom. The zero-order valence-corrected chi connectivity index (χ0v) is 20.5. The van der Waals surface area contributed by atoms with E-state index in [1.54, 1.807) is 20.8 Å². The summed E-state index contributed by atoms with van der Waals surface area (Å²) >= 11 is 0. The maximum Gasteiger partial charge on any atom is 0.408 e. The summed E-state index contributed by atoms with van der Waals surface area (Å²) in [5, 5.41) is 8.13. The van der Waals surface area contributed by atoms with Crippen molar-refractivity contribution in [3.05, 3.63) is 0 Å². The Bertz CT molecular complexity index is 613. The Morgan fingerprint density at radius 2 is 1.52 bits per heavy atom. The van der Waals surface area contributed by atoms with E-state index in [0.29, 0.717) is 12.8 Å². The number of esters is 1. The minimum Gasteiger partial charge on any atom is -0.469 e. The lowest BCUT2D eigenvalue weighted by Crippen LogP contribution is -2.54. The van der Waals surface area contributed by atoms with Crippen LogP contribution < -0.4 is 16.0 Å². The molecule has 3 N–H and O–H groups in total. The highest BCUT2D eigenvalue weighted by Crippen LogP contribution is 2.20. The quantitative estimate of drug-likeness (QED) is 0.421. The normalized spacial score (nSPS) is 14.4. The van der Waals surface area contributed by atoms with Gasteiger partial charge in [0.1, 0.15) is 11.6 Å². The summed E-state index contributed by atoms with van der Waals surface area (Å²) in [4.78, 5) is 49.0. The molecule has 0 fully saturated rings. The summed E-state index contributed by atoms with van der Waals surface area (Å²) in [6.45, 7) is 12.8. The van der Waals surface area contributed by atoms with Gasteiger partial charge in [0.05, 0.1) is 13.0 Å². The first-order valence-electron chi connectivity index (χ1n) is 10.8. The summed E-state index contributed by atoms with van der Waals surface area (Å²) in [5.74, 6) is -1.63. The number of carbonyl (C=O) groups excluding carboxylic acids is 4. The number of hydrogen-bond donors (Lipinski definition) is 3. The molecule has 0 radical (unpaired) electrons. The second-order valence-electron chi connectivity index (χ2n) is 9.39. The number of nitrogens with one attached hydrogen (secondary N) is 3. The van der Waals surface area contributed by atoms with Gasteiger partial charge in [-0.2, -0.15) is 0 Å². The van der Waals surface area contributed by atoms with Gasteiger partial charge in [0, 0.05) is 19.5 Å². The molecule has 2 unspecified atom stereocenters. The molecule has 0 aliphatic rings. The van der Waals surface area contributed by atoms with Gasteiger partial charge < -0.3 is 25.4 Å². The predicted octanol–water partition coefficient (Wildman–Crippen LogP) is 2.38. The minimum absolute atomic E-state index is 0.0189. The molecule has 0 saturated carbocycles. The zero-order valence-electron chi connectivity index (χ0n) is 20.5. The highest BCUT2D eigenvalue weighted by atomic mass is 16.6. The van der Waals surface area contributed by atoms with Crippen LogP contribution in [0.4, 0.5) is 4.79 Å². The highest BCUT2D eigenvalue weighted by molar-refractivity contribution is 5.86. The van der Waals surface area contributed by atoms with Crippen LogP contribution in [0.25, 0.3) is 0 Å². The topological polar surface area (TPSA) is 123 Å². The van der Waals surface area contributed by atoms with Crippen molar-refractivity contribution in [1.82, 2.24) is 16.0 Å². The molecule has 9 heteroatoms. The SMILES string of the molecule is CNC(=O)CCC(CC(NC(=O)[C@@H](NC(=O)OC(C)(C)C)C(C)C)C(C)C)C(=O)OC. The van der Waals surface area contributed by atoms with Crippen LogP contribution in [0.1, 0.15) is 67.7 Å². The molecule has 0 heterocycles. The average molecular weight is 444 g/mol. The van der Waals surface area contributed by atoms with Crippen molar-refractivity contribution < 1.29 is 28.7 Å². The maximum atomic E-state index is 13.0. The van der Waals surface area contributed by atoms with Crippen LogP contribution in [-0.4, -0.2) is 55.7 Å². The third-order valence-corrected chi connectivity index (χ3v) is 4.83. The van der Waals surface area contributed by atoms with Gasteiger partial charge in [-0.25, -0.2) is 4.79 Å². The molecule has 0 spiro atoms. The smallest absolute Gasteiger partial charge is 0.408 e. The number of alkyl carbamates (subject to hydrolysis) is 1. The lowest BCUT2D eigenvalue weighted by molar-refractivity contribution is -0.146. The van der Waals surface area contributed by atoms with E-state index in [4.69, 9.17) is 9.47 Å². The lowest BCUT2D eigenvalue weighted by Gasteiger charge is -2.30. The second kappa shape index (κ2) is 13.2. The van der Waals surface area contributed by atoms with Gasteiger partial charge in [-0.05, 0) is 45.4 Å². The van der Waals surface area contributed by atoms with Crippen LogP contribution >= 0.6 is 0 Å². The second-order valence-corrected chi connectivity index (χ2v) is 9.39. The van der Waals surface area contributed by atoms with Crippen molar-refractivity contribution in [2.45, 2.75) is 85.4 Å². The fourth-order valence-electron chi connectivity index (χ4n) is 2.98. The predicted molar refractivity (Wildman–Crippen MR) is 118 cm³/mol. The molecule has 31 heavy (non-hydrogen) atoms. The molecule has 0 bridgehead atoms. The van der Waals surface area contributed by atoms with Crippen molar-refractivity contribution >= 4 is 23.9 Å². The number of rotatable bonds is 11. The molecule has 0 aromatic carbocycles. The van der Waals surface area contributed by atoms with Crippen LogP contribution in [0.3, 0.4) is 0 Å². The average Bonchev–Trinajstić information content (AvgIpc) is 2.65. The van der Waals surface area contributed by atoms with Gasteiger partial charge in [0.15, 0.2) is 0 Å². The number of ether oxygens (including phenoxy) is 2. The number of methoxy groups -OCH3 is 1. The van der Waals surface area contributed by atoms with Crippen molar-refractivity contribution in [2.75, 3.05) is 14.2 Å². The van der Waals surface area contributed by atoms with Crippen LogP contribution in [0, 0.1) is 17.8 Å². The Morgan fingerprint density at radius 3 is 1.94 bits per heavy atom. The first-order valence-corrected chi connectivity index (χ1v) is 10.8. The van der Waals surface area contributed by atoms with Gasteiger partial charge >= 0.3 is 12.1 Å². The van der Waals surface area contributed by atoms with E-state index in [9.17, 15) is 19.2 Å². The number of carbonyl (C=O) groups is 4. The van der Waals surface area contributed by atoms with E-state index in [0.717, 1.165) is 0 Å². The Labute approximate surface area is 186 Å². The van der Waals surface area contributed by atoms with Crippen molar-refractivity contribution in [1.29, 1.82) is 0 Å². The molecule has 0 aromatic heterocycles. The molecule has 0 aromatic rings. The Hall–Kier alpha value is -2.32. The van der Waals surface area contributed by atoms with E-state index in [1.165, 1.54) is 14.2 Å². The van der Waals surface area contributed by atoms with E-state index < -0.39 is 29.6 Å². The van der Waals surface area contributed by atoms with Crippen LogP contribution in [0.15, 0.2) is 0 Å². The standard InChI is InChI=1S/C22H41N3O6/c1-13(2)16(12-15(20(28)30-9)10-11-17(26)23-8)24-19(27)18(14(3)4)25-21(29)31-22(5,6)7/h13-16,18H,10-12H2,1-9H3,(H,23,26)(H,24,27)(H,25,29)/t15?,16?,18-/m0/s1. The monoisotopic (exact) mass is 443 g/mol. The molecule has 3 atom stereocenters. The van der Waals surface area contributed by atoms with Crippen molar-refractivity contribution in [3.63, 3.8) is 0 Å². The number of hydrogen-bond acceptors (Lipinski definition) is 6. The number of amides is 3. The zero-order chi connectivity index (χ0) is 24.4. The summed E-state index contributed by atoms with van der Waals surface area (Å²) in [6.07, 6.45) is 0.157. The fourth-order valence-corrected chi connectivity index (χ4v) is 2.98. The van der Waals surface area contributed by atoms with Crippen molar-refractivity contribution in [3.8, 4) is 0 Å². The fraction of sp³-hybridized carbons (Fsp3) is 0.818. The Balaban J connectivity index is 5.32. The molecule has 3 amide bonds. The molecule has 180 valence electrons. The van der Waals surface area contributed by atoms with Gasteiger partial charge in [-0.3, -0.25) is 14.4 Å². The van der Waals surface area contributed by atoms with E-state index in [2.05, 4.69) is 16.0 Å². The molecule has 0 rings (SSSR count). The maximum absolute atomic E-state index is 13.0. The van der Waals surface area contributed by atoms with E-state index in [-0.39, 0.29) is 36.1 Å². The van der Waals surface area contributed by atoms with E-state index >= 15 is 0 Å². The van der Waals surface area contributed by atoms with Crippen molar-refractivity contribution in [2.24, 2.45) is 17.8 Å². The summed E-state index contributed by atoms with van der Waals surface area (Å²) < 4.78 is 10.2.